The fourth-order valence-corrected chi connectivity index (χ4v) is 1.73. The van der Waals surface area contributed by atoms with E-state index < -0.39 is 4.92 Å². The highest BCUT2D eigenvalue weighted by Gasteiger charge is 2.25. The summed E-state index contributed by atoms with van der Waals surface area (Å²) in [5, 5.41) is 14.0. The monoisotopic (exact) mass is 266 g/mol. The van der Waals surface area contributed by atoms with Crippen LogP contribution in [0.4, 0.5) is 5.69 Å². The van der Waals surface area contributed by atoms with E-state index in [1.54, 1.807) is 0 Å². The van der Waals surface area contributed by atoms with Crippen molar-refractivity contribution < 1.29 is 4.92 Å². The van der Waals surface area contributed by atoms with E-state index in [9.17, 15) is 10.1 Å². The molecule has 1 heterocycles. The maximum Gasteiger partial charge on any atom is 0.305 e. The van der Waals surface area contributed by atoms with Crippen molar-refractivity contribution in [3.05, 3.63) is 28.3 Å². The van der Waals surface area contributed by atoms with Crippen molar-refractivity contribution in [2.75, 3.05) is 6.54 Å². The van der Waals surface area contributed by atoms with Crippen LogP contribution in [0.15, 0.2) is 12.4 Å². The number of nitrogens with one attached hydrogen (secondary N) is 1. The molecule has 0 aromatic carbocycles. The number of nitro groups is 1. The molecule has 0 aliphatic carbocycles. The first kappa shape index (κ1) is 15.5. The lowest BCUT2D eigenvalue weighted by molar-refractivity contribution is -0.385. The Morgan fingerprint density at radius 3 is 2.37 bits per heavy atom. The summed E-state index contributed by atoms with van der Waals surface area (Å²) in [6, 6.07) is 0.244. The third-order valence-corrected chi connectivity index (χ3v) is 2.98. The summed E-state index contributed by atoms with van der Waals surface area (Å²) in [4.78, 5) is 18.2. The van der Waals surface area contributed by atoms with E-state index in [-0.39, 0.29) is 17.1 Å². The Morgan fingerprint density at radius 2 is 1.95 bits per heavy atom. The molecule has 1 aromatic heterocycles. The molecule has 1 atom stereocenters. The van der Waals surface area contributed by atoms with Gasteiger partial charge >= 0.3 is 5.69 Å². The Morgan fingerprint density at radius 1 is 1.37 bits per heavy atom. The lowest BCUT2D eigenvalue weighted by Crippen LogP contribution is -2.42. The van der Waals surface area contributed by atoms with Gasteiger partial charge in [-0.05, 0) is 18.4 Å². The molecule has 0 radical (unpaired) electrons. The van der Waals surface area contributed by atoms with Gasteiger partial charge in [0.1, 0.15) is 18.2 Å². The maximum atomic E-state index is 10.5. The topological polar surface area (TPSA) is 81.0 Å². The molecule has 0 aliphatic rings. The van der Waals surface area contributed by atoms with Crippen LogP contribution in [-0.4, -0.2) is 27.5 Å². The van der Waals surface area contributed by atoms with Crippen molar-refractivity contribution in [1.29, 1.82) is 0 Å². The first-order chi connectivity index (χ1) is 8.84. The minimum atomic E-state index is -0.486. The Kier molecular flexibility index (Phi) is 5.35. The third-order valence-electron chi connectivity index (χ3n) is 2.98. The van der Waals surface area contributed by atoms with Gasteiger partial charge in [-0.15, -0.1) is 0 Å². The molecule has 0 aliphatic heterocycles. The van der Waals surface area contributed by atoms with Crippen molar-refractivity contribution in [2.24, 2.45) is 5.41 Å². The van der Waals surface area contributed by atoms with E-state index in [0.717, 1.165) is 13.0 Å². The Bertz CT molecular complexity index is 412. The molecule has 0 saturated heterocycles. The number of hydrogen-bond acceptors (Lipinski definition) is 5. The smallest absolute Gasteiger partial charge is 0.305 e. The van der Waals surface area contributed by atoms with Gasteiger partial charge in [-0.25, -0.2) is 9.97 Å². The van der Waals surface area contributed by atoms with Crippen LogP contribution in [0.1, 0.15) is 39.9 Å². The molecule has 6 heteroatoms. The van der Waals surface area contributed by atoms with Crippen LogP contribution in [0, 0.1) is 15.5 Å². The molecule has 6 nitrogen and oxygen atoms in total. The highest BCUT2D eigenvalue weighted by Crippen LogP contribution is 2.22. The van der Waals surface area contributed by atoms with Crippen LogP contribution < -0.4 is 5.32 Å². The number of rotatable bonds is 6. The summed E-state index contributed by atoms with van der Waals surface area (Å²) in [6.07, 6.45) is 4.26. The summed E-state index contributed by atoms with van der Waals surface area (Å²) >= 11 is 0. The van der Waals surface area contributed by atoms with Crippen molar-refractivity contribution in [3.63, 3.8) is 0 Å². The van der Waals surface area contributed by atoms with Gasteiger partial charge in [-0.1, -0.05) is 27.7 Å². The molecule has 0 saturated carbocycles. The number of nitrogens with zero attached hydrogens (tertiary/aromatic N) is 3. The largest absolute Gasteiger partial charge is 0.313 e. The average molecular weight is 266 g/mol. The molecular weight excluding hydrogens is 244 g/mol. The highest BCUT2D eigenvalue weighted by atomic mass is 16.6. The molecule has 1 rings (SSSR count). The molecule has 0 bridgehead atoms. The van der Waals surface area contributed by atoms with Crippen LogP contribution in [0.2, 0.25) is 0 Å². The lowest BCUT2D eigenvalue weighted by atomic mass is 9.84. The quantitative estimate of drug-likeness (QED) is 0.631. The fraction of sp³-hybridized carbons (Fsp3) is 0.692. The van der Waals surface area contributed by atoms with Gasteiger partial charge in [0.2, 0.25) is 0 Å². The van der Waals surface area contributed by atoms with Gasteiger partial charge in [-0.3, -0.25) is 10.1 Å². The first-order valence-electron chi connectivity index (χ1n) is 6.53. The third kappa shape index (κ3) is 4.90. The SMILES string of the molecule is CCCNC(Cc1ncc([N+](=O)[O-])cn1)C(C)(C)C. The molecule has 1 unspecified atom stereocenters. The van der Waals surface area contributed by atoms with E-state index in [2.05, 4.69) is 43.0 Å². The van der Waals surface area contributed by atoms with E-state index in [0.29, 0.717) is 12.2 Å². The Labute approximate surface area is 113 Å². The molecule has 0 spiro atoms. The van der Waals surface area contributed by atoms with Crippen LogP contribution in [0.5, 0.6) is 0 Å². The minimum Gasteiger partial charge on any atom is -0.313 e. The van der Waals surface area contributed by atoms with Crippen LogP contribution in [0.25, 0.3) is 0 Å². The lowest BCUT2D eigenvalue weighted by Gasteiger charge is -2.31. The van der Waals surface area contributed by atoms with Gasteiger partial charge < -0.3 is 5.32 Å². The van der Waals surface area contributed by atoms with Crippen molar-refractivity contribution in [2.45, 2.75) is 46.6 Å². The second-order valence-electron chi connectivity index (χ2n) is 5.69. The number of aromatic nitrogens is 2. The van der Waals surface area contributed by atoms with Gasteiger partial charge in [0.15, 0.2) is 0 Å². The van der Waals surface area contributed by atoms with Gasteiger partial charge in [0, 0.05) is 12.5 Å². The highest BCUT2D eigenvalue weighted by molar-refractivity contribution is 5.21. The Balaban J connectivity index is 2.75. The molecule has 19 heavy (non-hydrogen) atoms. The van der Waals surface area contributed by atoms with Crippen molar-refractivity contribution >= 4 is 5.69 Å². The predicted octanol–water partition coefficient (Wildman–Crippen LogP) is 2.34. The zero-order valence-corrected chi connectivity index (χ0v) is 12.0. The molecule has 1 N–H and O–H groups in total. The summed E-state index contributed by atoms with van der Waals surface area (Å²) in [5.41, 5.74) is 0.0119. The molecule has 0 amide bonds. The predicted molar refractivity (Wildman–Crippen MR) is 73.9 cm³/mol. The summed E-state index contributed by atoms with van der Waals surface area (Å²) in [7, 11) is 0. The number of hydrogen-bond donors (Lipinski definition) is 1. The van der Waals surface area contributed by atoms with Gasteiger partial charge in [-0.2, -0.15) is 0 Å². The summed E-state index contributed by atoms with van der Waals surface area (Å²) in [5.74, 6) is 0.633. The fourth-order valence-electron chi connectivity index (χ4n) is 1.73. The van der Waals surface area contributed by atoms with E-state index >= 15 is 0 Å². The minimum absolute atomic E-state index is 0.0717. The molecule has 106 valence electrons. The normalized spacial score (nSPS) is 13.3. The van der Waals surface area contributed by atoms with E-state index in [1.807, 2.05) is 0 Å². The Hall–Kier alpha value is -1.56. The van der Waals surface area contributed by atoms with Crippen molar-refractivity contribution in [1.82, 2.24) is 15.3 Å². The molecular formula is C13H22N4O2. The standard InChI is InChI=1S/C13H22N4O2/c1-5-6-14-11(13(2,3)4)7-12-15-8-10(9-16-12)17(18)19/h8-9,11,14H,5-7H2,1-4H3. The molecule has 0 fully saturated rings. The summed E-state index contributed by atoms with van der Waals surface area (Å²) in [6.45, 7) is 9.53. The summed E-state index contributed by atoms with van der Waals surface area (Å²) < 4.78 is 0. The molecule has 1 aromatic rings. The van der Waals surface area contributed by atoms with Crippen LogP contribution in [-0.2, 0) is 6.42 Å². The maximum absolute atomic E-state index is 10.5. The second-order valence-corrected chi connectivity index (χ2v) is 5.69. The van der Waals surface area contributed by atoms with E-state index in [1.165, 1.54) is 12.4 Å². The van der Waals surface area contributed by atoms with Crippen molar-refractivity contribution in [3.8, 4) is 0 Å². The zero-order chi connectivity index (χ0) is 14.5. The van der Waals surface area contributed by atoms with Gasteiger partial charge in [0.25, 0.3) is 0 Å². The second kappa shape index (κ2) is 6.56. The van der Waals surface area contributed by atoms with E-state index in [4.69, 9.17) is 0 Å². The average Bonchev–Trinajstić information content (AvgIpc) is 2.33. The van der Waals surface area contributed by atoms with Crippen LogP contribution in [0.3, 0.4) is 0 Å². The zero-order valence-electron chi connectivity index (χ0n) is 12.0. The van der Waals surface area contributed by atoms with Crippen LogP contribution >= 0.6 is 0 Å². The van der Waals surface area contributed by atoms with Gasteiger partial charge in [0.05, 0.1) is 4.92 Å². The first-order valence-corrected chi connectivity index (χ1v) is 6.53.